The molecule has 23 heavy (non-hydrogen) atoms. The monoisotopic (exact) mass is 318 g/mol. The summed E-state index contributed by atoms with van der Waals surface area (Å²) in [5, 5.41) is 10.6. The molecule has 0 aromatic heterocycles. The second kappa shape index (κ2) is 7.75. The third kappa shape index (κ3) is 4.77. The number of nitrogens with zero attached hydrogens (tertiary/aromatic N) is 2. The molecule has 2 atom stereocenters. The molecule has 2 unspecified atom stereocenters. The standard InChI is InChI=1S/C19H30N2O2/c1-15-9-16(2)11-18(10-15)19(22)14-21-4-3-17(13-21)12-20-5-7-23-8-6-20/h9-11,17,19,22H,3-8,12-14H2,1-2H3. The Morgan fingerprint density at radius 3 is 2.48 bits per heavy atom. The minimum Gasteiger partial charge on any atom is -0.387 e. The zero-order chi connectivity index (χ0) is 16.2. The summed E-state index contributed by atoms with van der Waals surface area (Å²) < 4.78 is 5.42. The normalized spacial score (nSPS) is 24.9. The van der Waals surface area contributed by atoms with Gasteiger partial charge in [-0.2, -0.15) is 0 Å². The number of likely N-dealkylation sites (tertiary alicyclic amines) is 1. The molecule has 2 heterocycles. The Hall–Kier alpha value is -0.940. The Morgan fingerprint density at radius 2 is 1.78 bits per heavy atom. The van der Waals surface area contributed by atoms with Gasteiger partial charge in [0.1, 0.15) is 0 Å². The molecule has 0 amide bonds. The van der Waals surface area contributed by atoms with Gasteiger partial charge in [-0.05, 0) is 38.3 Å². The fourth-order valence-corrected chi connectivity index (χ4v) is 3.93. The maximum Gasteiger partial charge on any atom is 0.0917 e. The van der Waals surface area contributed by atoms with E-state index in [2.05, 4.69) is 41.8 Å². The van der Waals surface area contributed by atoms with Gasteiger partial charge in [-0.1, -0.05) is 29.3 Å². The van der Waals surface area contributed by atoms with Gasteiger partial charge in [-0.3, -0.25) is 4.90 Å². The topological polar surface area (TPSA) is 35.9 Å². The number of aryl methyl sites for hydroxylation is 2. The number of benzene rings is 1. The van der Waals surface area contributed by atoms with Crippen LogP contribution in [0.4, 0.5) is 0 Å². The first-order chi connectivity index (χ1) is 11.1. The Balaban J connectivity index is 1.49. The van der Waals surface area contributed by atoms with Crippen molar-refractivity contribution in [3.05, 3.63) is 34.9 Å². The van der Waals surface area contributed by atoms with E-state index in [1.165, 1.54) is 24.1 Å². The molecule has 0 aliphatic carbocycles. The summed E-state index contributed by atoms with van der Waals surface area (Å²) in [6.45, 7) is 12.2. The zero-order valence-electron chi connectivity index (χ0n) is 14.5. The fourth-order valence-electron chi connectivity index (χ4n) is 3.93. The highest BCUT2D eigenvalue weighted by molar-refractivity contribution is 5.30. The van der Waals surface area contributed by atoms with E-state index in [-0.39, 0.29) is 6.10 Å². The maximum atomic E-state index is 10.6. The number of aliphatic hydroxyl groups is 1. The highest BCUT2D eigenvalue weighted by Gasteiger charge is 2.26. The number of hydrogen-bond donors (Lipinski definition) is 1. The molecule has 1 aromatic rings. The van der Waals surface area contributed by atoms with E-state index >= 15 is 0 Å². The maximum absolute atomic E-state index is 10.6. The summed E-state index contributed by atoms with van der Waals surface area (Å²) in [4.78, 5) is 4.95. The van der Waals surface area contributed by atoms with E-state index in [4.69, 9.17) is 4.74 Å². The predicted molar refractivity (Wildman–Crippen MR) is 92.7 cm³/mol. The third-order valence-electron chi connectivity index (χ3n) is 5.05. The van der Waals surface area contributed by atoms with Crippen LogP contribution >= 0.6 is 0 Å². The van der Waals surface area contributed by atoms with Gasteiger partial charge < -0.3 is 14.7 Å². The van der Waals surface area contributed by atoms with E-state index in [0.29, 0.717) is 0 Å². The lowest BCUT2D eigenvalue weighted by molar-refractivity contribution is 0.0308. The quantitative estimate of drug-likeness (QED) is 0.901. The van der Waals surface area contributed by atoms with Gasteiger partial charge in [0.05, 0.1) is 19.3 Å². The van der Waals surface area contributed by atoms with Crippen LogP contribution in [0.1, 0.15) is 29.2 Å². The molecule has 2 aliphatic rings. The molecule has 0 radical (unpaired) electrons. The van der Waals surface area contributed by atoms with Gasteiger partial charge in [0.25, 0.3) is 0 Å². The van der Waals surface area contributed by atoms with Gasteiger partial charge in [0.2, 0.25) is 0 Å². The van der Waals surface area contributed by atoms with Crippen molar-refractivity contribution in [2.75, 3.05) is 52.5 Å². The van der Waals surface area contributed by atoms with Crippen molar-refractivity contribution in [1.82, 2.24) is 9.80 Å². The summed E-state index contributed by atoms with van der Waals surface area (Å²) >= 11 is 0. The Kier molecular flexibility index (Phi) is 5.70. The van der Waals surface area contributed by atoms with Crippen molar-refractivity contribution < 1.29 is 9.84 Å². The second-order valence-electron chi connectivity index (χ2n) is 7.26. The molecule has 0 bridgehead atoms. The van der Waals surface area contributed by atoms with Crippen LogP contribution < -0.4 is 0 Å². The molecular weight excluding hydrogens is 288 g/mol. The lowest BCUT2D eigenvalue weighted by Gasteiger charge is -2.29. The highest BCUT2D eigenvalue weighted by Crippen LogP contribution is 2.23. The van der Waals surface area contributed by atoms with Crippen LogP contribution in [0.2, 0.25) is 0 Å². The predicted octanol–water partition coefficient (Wildman–Crippen LogP) is 1.99. The third-order valence-corrected chi connectivity index (χ3v) is 5.05. The smallest absolute Gasteiger partial charge is 0.0917 e. The number of β-amino-alcohol motifs (C(OH)–C–C–N with tert-alkyl or cyclic N) is 1. The summed E-state index contributed by atoms with van der Waals surface area (Å²) in [7, 11) is 0. The first kappa shape index (κ1) is 16.9. The lowest BCUT2D eigenvalue weighted by Crippen LogP contribution is -2.40. The Morgan fingerprint density at radius 1 is 1.09 bits per heavy atom. The summed E-state index contributed by atoms with van der Waals surface area (Å²) in [5.41, 5.74) is 3.51. The zero-order valence-corrected chi connectivity index (χ0v) is 14.5. The molecule has 2 fully saturated rings. The Labute approximate surface area is 140 Å². The second-order valence-corrected chi connectivity index (χ2v) is 7.26. The molecule has 1 N–H and O–H groups in total. The molecule has 1 aromatic carbocycles. The van der Waals surface area contributed by atoms with Crippen LogP contribution in [0.5, 0.6) is 0 Å². The van der Waals surface area contributed by atoms with Gasteiger partial charge in [-0.25, -0.2) is 0 Å². The van der Waals surface area contributed by atoms with Crippen molar-refractivity contribution in [3.8, 4) is 0 Å². The number of rotatable bonds is 5. The molecule has 4 heteroatoms. The van der Waals surface area contributed by atoms with Gasteiger partial charge in [-0.15, -0.1) is 0 Å². The van der Waals surface area contributed by atoms with Crippen LogP contribution in [-0.4, -0.2) is 67.4 Å². The van der Waals surface area contributed by atoms with Crippen molar-refractivity contribution in [2.45, 2.75) is 26.4 Å². The van der Waals surface area contributed by atoms with E-state index in [1.807, 2.05) is 0 Å². The van der Waals surface area contributed by atoms with E-state index in [1.54, 1.807) is 0 Å². The fraction of sp³-hybridized carbons (Fsp3) is 0.684. The van der Waals surface area contributed by atoms with Crippen molar-refractivity contribution in [2.24, 2.45) is 5.92 Å². The van der Waals surface area contributed by atoms with Crippen LogP contribution in [0.15, 0.2) is 18.2 Å². The molecule has 4 nitrogen and oxygen atoms in total. The number of aliphatic hydroxyl groups excluding tert-OH is 1. The van der Waals surface area contributed by atoms with Crippen LogP contribution in [0.25, 0.3) is 0 Å². The largest absolute Gasteiger partial charge is 0.387 e. The average molecular weight is 318 g/mol. The van der Waals surface area contributed by atoms with Gasteiger partial charge in [0, 0.05) is 32.7 Å². The average Bonchev–Trinajstić information content (AvgIpc) is 2.94. The first-order valence-electron chi connectivity index (χ1n) is 8.89. The van der Waals surface area contributed by atoms with E-state index in [0.717, 1.165) is 57.4 Å². The summed E-state index contributed by atoms with van der Waals surface area (Å²) in [6.07, 6.45) is 0.868. The van der Waals surface area contributed by atoms with Crippen LogP contribution in [0, 0.1) is 19.8 Å². The minimum absolute atomic E-state index is 0.379. The summed E-state index contributed by atoms with van der Waals surface area (Å²) in [5.74, 6) is 0.736. The number of ether oxygens (including phenoxy) is 1. The molecule has 128 valence electrons. The summed E-state index contributed by atoms with van der Waals surface area (Å²) in [6, 6.07) is 6.38. The molecule has 2 aliphatic heterocycles. The Bertz CT molecular complexity index is 494. The molecule has 0 saturated carbocycles. The van der Waals surface area contributed by atoms with E-state index in [9.17, 15) is 5.11 Å². The molecule has 3 rings (SSSR count). The number of hydrogen-bond acceptors (Lipinski definition) is 4. The van der Waals surface area contributed by atoms with E-state index < -0.39 is 0 Å². The number of morpholine rings is 1. The van der Waals surface area contributed by atoms with Crippen molar-refractivity contribution >= 4 is 0 Å². The van der Waals surface area contributed by atoms with Gasteiger partial charge >= 0.3 is 0 Å². The minimum atomic E-state index is -0.379. The molecule has 0 spiro atoms. The van der Waals surface area contributed by atoms with Gasteiger partial charge in [0.15, 0.2) is 0 Å². The van der Waals surface area contributed by atoms with Crippen molar-refractivity contribution in [1.29, 1.82) is 0 Å². The van der Waals surface area contributed by atoms with Crippen LogP contribution in [-0.2, 0) is 4.74 Å². The van der Waals surface area contributed by atoms with Crippen LogP contribution in [0.3, 0.4) is 0 Å². The van der Waals surface area contributed by atoms with Crippen molar-refractivity contribution in [3.63, 3.8) is 0 Å². The molecular formula is C19H30N2O2. The SMILES string of the molecule is Cc1cc(C)cc(C(O)CN2CCC(CN3CCOCC3)C2)c1. The highest BCUT2D eigenvalue weighted by atomic mass is 16.5. The lowest BCUT2D eigenvalue weighted by atomic mass is 10.0. The molecule has 2 saturated heterocycles. The first-order valence-corrected chi connectivity index (χ1v) is 8.89.